The minimum atomic E-state index is 0. The number of nitrogens with two attached hydrogens (primary N) is 1. The number of nitrogens with one attached hydrogen (secondary N) is 1. The fourth-order valence-corrected chi connectivity index (χ4v) is 2.36. The molecule has 0 aromatic heterocycles. The number of guanidine groups is 1. The van der Waals surface area contributed by atoms with Gasteiger partial charge in [-0.05, 0) is 25.0 Å². The number of halogens is 1. The molecule has 0 fully saturated rings. The molecule has 2 aromatic carbocycles. The lowest BCUT2D eigenvalue weighted by Gasteiger charge is -2.12. The second-order valence-corrected chi connectivity index (χ2v) is 5.45. The molecule has 0 aliphatic carbocycles. The van der Waals surface area contributed by atoms with Crippen LogP contribution in [0.2, 0.25) is 0 Å². The van der Waals surface area contributed by atoms with E-state index < -0.39 is 0 Å². The van der Waals surface area contributed by atoms with E-state index in [1.165, 1.54) is 0 Å². The molecule has 0 heterocycles. The summed E-state index contributed by atoms with van der Waals surface area (Å²) in [5.74, 6) is 1.30. The van der Waals surface area contributed by atoms with Gasteiger partial charge in [0.2, 0.25) is 0 Å². The molecule has 0 amide bonds. The van der Waals surface area contributed by atoms with E-state index in [4.69, 9.17) is 15.2 Å². The van der Waals surface area contributed by atoms with Crippen LogP contribution in [0.25, 0.3) is 11.1 Å². The van der Waals surface area contributed by atoms with E-state index in [-0.39, 0.29) is 24.0 Å². The molecule has 6 heteroatoms. The lowest BCUT2D eigenvalue weighted by molar-refractivity contribution is 0.146. The number of aliphatic imine (C=N–C) groups is 1. The molecule has 2 aromatic rings. The molecule has 0 atom stereocenters. The van der Waals surface area contributed by atoms with Gasteiger partial charge in [-0.2, -0.15) is 0 Å². The van der Waals surface area contributed by atoms with Crippen molar-refractivity contribution in [3.63, 3.8) is 0 Å². The van der Waals surface area contributed by atoms with Crippen LogP contribution >= 0.6 is 24.0 Å². The van der Waals surface area contributed by atoms with E-state index in [1.54, 1.807) is 0 Å². The second-order valence-electron chi connectivity index (χ2n) is 5.45. The molecule has 0 radical (unpaired) electrons. The lowest BCUT2D eigenvalue weighted by atomic mass is 10.1. The van der Waals surface area contributed by atoms with Gasteiger partial charge in [0.1, 0.15) is 12.4 Å². The Bertz CT molecular complexity index is 651. The molecule has 5 nitrogen and oxygen atoms in total. The van der Waals surface area contributed by atoms with Gasteiger partial charge in [-0.1, -0.05) is 48.5 Å². The van der Waals surface area contributed by atoms with Crippen molar-refractivity contribution >= 4 is 29.9 Å². The third kappa shape index (κ3) is 8.05. The highest BCUT2D eigenvalue weighted by Crippen LogP contribution is 2.29. The summed E-state index contributed by atoms with van der Waals surface area (Å²) in [5.41, 5.74) is 8.06. The maximum atomic E-state index is 5.91. The number of ether oxygens (including phenoxy) is 2. The summed E-state index contributed by atoms with van der Waals surface area (Å²) < 4.78 is 11.2. The maximum Gasteiger partial charge on any atom is 0.188 e. The Labute approximate surface area is 173 Å². The zero-order chi connectivity index (χ0) is 17.7. The highest BCUT2D eigenvalue weighted by molar-refractivity contribution is 14.0. The van der Waals surface area contributed by atoms with Gasteiger partial charge < -0.3 is 20.5 Å². The summed E-state index contributed by atoms with van der Waals surface area (Å²) in [5, 5.41) is 3.06. The molecule has 0 saturated heterocycles. The van der Waals surface area contributed by atoms with Crippen molar-refractivity contribution in [2.24, 2.45) is 10.7 Å². The van der Waals surface area contributed by atoms with E-state index in [0.29, 0.717) is 32.3 Å². The molecule has 0 saturated carbocycles. The number of hydrogen-bond donors (Lipinski definition) is 2. The van der Waals surface area contributed by atoms with Crippen LogP contribution in [0.5, 0.6) is 5.75 Å². The topological polar surface area (TPSA) is 68.9 Å². The van der Waals surface area contributed by atoms with Crippen molar-refractivity contribution in [1.82, 2.24) is 5.32 Å². The van der Waals surface area contributed by atoms with Gasteiger partial charge in [0.25, 0.3) is 0 Å². The third-order valence-electron chi connectivity index (χ3n) is 3.57. The van der Waals surface area contributed by atoms with Crippen LogP contribution in [0.15, 0.2) is 59.6 Å². The number of hydrogen-bond acceptors (Lipinski definition) is 3. The molecule has 0 aliphatic rings. The van der Waals surface area contributed by atoms with Gasteiger partial charge >= 0.3 is 0 Å². The van der Waals surface area contributed by atoms with Crippen LogP contribution in [0.4, 0.5) is 0 Å². The molecular weight excluding hydrogens is 441 g/mol. The van der Waals surface area contributed by atoms with Gasteiger partial charge in [0, 0.05) is 25.3 Å². The standard InChI is InChI=1S/C20H27N3O2.HI/c1-2-24-15-8-13-22-20(21)23-14-16-25-19-12-7-6-11-18(19)17-9-4-3-5-10-17;/h3-7,9-12H,2,8,13-16H2,1H3,(H3,21,22,23);1H. The van der Waals surface area contributed by atoms with Crippen molar-refractivity contribution < 1.29 is 9.47 Å². The van der Waals surface area contributed by atoms with Crippen molar-refractivity contribution in [2.45, 2.75) is 13.3 Å². The van der Waals surface area contributed by atoms with Gasteiger partial charge in [-0.25, -0.2) is 0 Å². The van der Waals surface area contributed by atoms with Gasteiger partial charge in [-0.15, -0.1) is 24.0 Å². The Morgan fingerprint density at radius 1 is 1.04 bits per heavy atom. The minimum absolute atomic E-state index is 0. The fourth-order valence-electron chi connectivity index (χ4n) is 2.36. The second kappa shape index (κ2) is 13.4. The Kier molecular flexibility index (Phi) is 11.5. The van der Waals surface area contributed by atoms with Crippen LogP contribution < -0.4 is 15.8 Å². The summed E-state index contributed by atoms with van der Waals surface area (Å²) in [4.78, 5) is 4.25. The number of rotatable bonds is 10. The number of para-hydroxylation sites is 1. The van der Waals surface area contributed by atoms with Crippen LogP contribution in [0.1, 0.15) is 13.3 Å². The average molecular weight is 469 g/mol. The monoisotopic (exact) mass is 469 g/mol. The highest BCUT2D eigenvalue weighted by atomic mass is 127. The molecule has 2 rings (SSSR count). The van der Waals surface area contributed by atoms with Crippen LogP contribution in [-0.4, -0.2) is 38.9 Å². The molecular formula is C20H28IN3O2. The summed E-state index contributed by atoms with van der Waals surface area (Å²) in [6.45, 7) is 5.21. The van der Waals surface area contributed by atoms with Crippen molar-refractivity contribution in [3.8, 4) is 16.9 Å². The SMILES string of the molecule is CCOCCCN=C(N)NCCOc1ccccc1-c1ccccc1.I. The Morgan fingerprint density at radius 3 is 2.54 bits per heavy atom. The summed E-state index contributed by atoms with van der Waals surface area (Å²) in [6.07, 6.45) is 0.872. The van der Waals surface area contributed by atoms with Crippen molar-refractivity contribution in [2.75, 3.05) is 32.9 Å². The molecule has 142 valence electrons. The predicted octanol–water partition coefficient (Wildman–Crippen LogP) is 3.68. The molecule has 0 unspecified atom stereocenters. The van der Waals surface area contributed by atoms with Crippen LogP contribution in [0.3, 0.4) is 0 Å². The maximum absolute atomic E-state index is 5.91. The molecule has 0 bridgehead atoms. The first-order valence-electron chi connectivity index (χ1n) is 8.70. The van der Waals surface area contributed by atoms with Crippen molar-refractivity contribution in [3.05, 3.63) is 54.6 Å². The summed E-state index contributed by atoms with van der Waals surface area (Å²) in [7, 11) is 0. The molecule has 0 aliphatic heterocycles. The quantitative estimate of drug-likeness (QED) is 0.241. The normalized spacial score (nSPS) is 10.9. The number of nitrogens with zero attached hydrogens (tertiary/aromatic N) is 1. The van der Waals surface area contributed by atoms with E-state index in [1.807, 2.05) is 43.3 Å². The van der Waals surface area contributed by atoms with Crippen LogP contribution in [0, 0.1) is 0 Å². The van der Waals surface area contributed by atoms with Gasteiger partial charge in [-0.3, -0.25) is 4.99 Å². The zero-order valence-electron chi connectivity index (χ0n) is 15.2. The molecule has 26 heavy (non-hydrogen) atoms. The predicted molar refractivity (Wildman–Crippen MR) is 118 cm³/mol. The van der Waals surface area contributed by atoms with Crippen LogP contribution in [-0.2, 0) is 4.74 Å². The average Bonchev–Trinajstić information content (AvgIpc) is 2.66. The lowest BCUT2D eigenvalue weighted by Crippen LogP contribution is -2.34. The van der Waals surface area contributed by atoms with Gasteiger partial charge in [0.15, 0.2) is 5.96 Å². The van der Waals surface area contributed by atoms with Crippen molar-refractivity contribution in [1.29, 1.82) is 0 Å². The number of benzene rings is 2. The van der Waals surface area contributed by atoms with E-state index in [2.05, 4.69) is 28.5 Å². The Hall–Kier alpha value is -1.80. The smallest absolute Gasteiger partial charge is 0.188 e. The fraction of sp³-hybridized carbons (Fsp3) is 0.350. The largest absolute Gasteiger partial charge is 0.491 e. The highest BCUT2D eigenvalue weighted by Gasteiger charge is 2.04. The van der Waals surface area contributed by atoms with E-state index >= 15 is 0 Å². The molecule has 0 spiro atoms. The first kappa shape index (κ1) is 22.2. The van der Waals surface area contributed by atoms with E-state index in [9.17, 15) is 0 Å². The first-order chi connectivity index (χ1) is 12.3. The first-order valence-corrected chi connectivity index (χ1v) is 8.70. The summed E-state index contributed by atoms with van der Waals surface area (Å²) in [6, 6.07) is 18.2. The van der Waals surface area contributed by atoms with Gasteiger partial charge in [0.05, 0.1) is 6.54 Å². The Morgan fingerprint density at radius 2 is 1.77 bits per heavy atom. The van der Waals surface area contributed by atoms with E-state index in [0.717, 1.165) is 29.9 Å². The molecule has 3 N–H and O–H groups in total. The summed E-state index contributed by atoms with van der Waals surface area (Å²) >= 11 is 0. The Balaban J connectivity index is 0.00000338. The minimum Gasteiger partial charge on any atom is -0.491 e. The third-order valence-corrected chi connectivity index (χ3v) is 3.57. The zero-order valence-corrected chi connectivity index (χ0v) is 17.5.